The average molecular weight is 523 g/mol. The number of rotatable bonds is 6. The molecular weight excluding hydrogens is 503 g/mol. The molecule has 0 spiro atoms. The van der Waals surface area contributed by atoms with Crippen LogP contribution in [0.25, 0.3) is 0 Å². The van der Waals surface area contributed by atoms with Gasteiger partial charge < -0.3 is 16.0 Å². The first-order chi connectivity index (χ1) is 11.2. The summed E-state index contributed by atoms with van der Waals surface area (Å²) in [7, 11) is 1.71. The highest BCUT2D eigenvalue weighted by Crippen LogP contribution is 2.14. The van der Waals surface area contributed by atoms with Crippen LogP contribution >= 0.6 is 51.2 Å². The number of guanidine groups is 1. The molecule has 0 saturated carbocycles. The fourth-order valence-electron chi connectivity index (χ4n) is 1.86. The minimum Gasteiger partial charge on any atom is -0.356 e. The summed E-state index contributed by atoms with van der Waals surface area (Å²) in [6.45, 7) is 1.24. The molecule has 2 aromatic rings. The van der Waals surface area contributed by atoms with Gasteiger partial charge in [-0.15, -0.1) is 35.3 Å². The summed E-state index contributed by atoms with van der Waals surface area (Å²) in [5, 5.41) is 11.2. The number of carbonyl (C=O) groups is 1. The lowest BCUT2D eigenvalue weighted by atomic mass is 10.3. The quantitative estimate of drug-likeness (QED) is 0.307. The molecule has 24 heavy (non-hydrogen) atoms. The molecule has 8 heteroatoms. The number of thiophene rings is 1. The molecule has 0 saturated heterocycles. The Labute approximate surface area is 171 Å². The van der Waals surface area contributed by atoms with E-state index in [1.165, 1.54) is 4.88 Å². The Kier molecular flexibility index (Phi) is 9.96. The van der Waals surface area contributed by atoms with Gasteiger partial charge in [-0.1, -0.05) is 22.0 Å². The monoisotopic (exact) mass is 522 g/mol. The number of nitrogens with zero attached hydrogens (tertiary/aromatic N) is 1. The zero-order valence-electron chi connectivity index (χ0n) is 13.2. The van der Waals surface area contributed by atoms with Crippen LogP contribution in [0.4, 0.5) is 5.69 Å². The molecule has 0 aliphatic heterocycles. The maximum absolute atomic E-state index is 11.9. The van der Waals surface area contributed by atoms with Crippen LogP contribution in [0.2, 0.25) is 0 Å². The molecule has 0 radical (unpaired) electrons. The van der Waals surface area contributed by atoms with E-state index in [1.807, 2.05) is 35.7 Å². The van der Waals surface area contributed by atoms with Gasteiger partial charge in [0.05, 0.1) is 6.54 Å². The minimum atomic E-state index is -0.0338. The lowest BCUT2D eigenvalue weighted by Crippen LogP contribution is -2.38. The third kappa shape index (κ3) is 7.63. The summed E-state index contributed by atoms with van der Waals surface area (Å²) < 4.78 is 0.984. The van der Waals surface area contributed by atoms with Crippen molar-refractivity contribution in [1.82, 2.24) is 10.6 Å². The smallest absolute Gasteiger partial charge is 0.226 e. The lowest BCUT2D eigenvalue weighted by Gasteiger charge is -2.11. The fourth-order valence-corrected chi connectivity index (χ4v) is 2.76. The number of amides is 1. The van der Waals surface area contributed by atoms with Crippen molar-refractivity contribution in [3.63, 3.8) is 0 Å². The van der Waals surface area contributed by atoms with Crippen LogP contribution in [0.1, 0.15) is 11.3 Å². The number of carbonyl (C=O) groups excluding carboxylic acids is 1. The molecule has 1 heterocycles. The van der Waals surface area contributed by atoms with Gasteiger partial charge in [0.2, 0.25) is 5.91 Å². The van der Waals surface area contributed by atoms with E-state index in [2.05, 4.69) is 42.9 Å². The fraction of sp³-hybridized carbons (Fsp3) is 0.250. The van der Waals surface area contributed by atoms with Crippen LogP contribution < -0.4 is 16.0 Å². The van der Waals surface area contributed by atoms with Crippen LogP contribution in [0.15, 0.2) is 51.2 Å². The van der Waals surface area contributed by atoms with E-state index in [1.54, 1.807) is 18.4 Å². The predicted octanol–water partition coefficient (Wildman–Crippen LogP) is 3.82. The highest BCUT2D eigenvalue weighted by molar-refractivity contribution is 14.0. The zero-order chi connectivity index (χ0) is 16.5. The van der Waals surface area contributed by atoms with Gasteiger partial charge in [0.25, 0.3) is 0 Å². The van der Waals surface area contributed by atoms with E-state index in [4.69, 9.17) is 0 Å². The second kappa shape index (κ2) is 11.4. The van der Waals surface area contributed by atoms with Crippen LogP contribution in [-0.2, 0) is 11.3 Å². The molecule has 1 aromatic carbocycles. The summed E-state index contributed by atoms with van der Waals surface area (Å²) in [6.07, 6.45) is 0.371. The average Bonchev–Trinajstić information content (AvgIpc) is 3.06. The lowest BCUT2D eigenvalue weighted by molar-refractivity contribution is -0.116. The number of benzene rings is 1. The number of hydrogen-bond acceptors (Lipinski definition) is 3. The maximum atomic E-state index is 11.9. The molecule has 0 atom stereocenters. The topological polar surface area (TPSA) is 65.5 Å². The van der Waals surface area contributed by atoms with Crippen LogP contribution in [0.5, 0.6) is 0 Å². The first kappa shape index (κ1) is 20.9. The van der Waals surface area contributed by atoms with Crippen molar-refractivity contribution in [2.45, 2.75) is 13.0 Å². The van der Waals surface area contributed by atoms with Gasteiger partial charge in [0, 0.05) is 35.1 Å². The number of anilines is 1. The second-order valence-corrected chi connectivity index (χ2v) is 6.68. The molecule has 0 bridgehead atoms. The van der Waals surface area contributed by atoms with E-state index >= 15 is 0 Å². The van der Waals surface area contributed by atoms with Crippen molar-refractivity contribution in [2.24, 2.45) is 4.99 Å². The predicted molar refractivity (Wildman–Crippen MR) is 115 cm³/mol. The largest absolute Gasteiger partial charge is 0.356 e. The highest BCUT2D eigenvalue weighted by Gasteiger charge is 2.04. The number of hydrogen-bond donors (Lipinski definition) is 3. The molecule has 3 N–H and O–H groups in total. The molecule has 2 rings (SSSR count). The van der Waals surface area contributed by atoms with Crippen molar-refractivity contribution < 1.29 is 4.79 Å². The van der Waals surface area contributed by atoms with Gasteiger partial charge in [-0.3, -0.25) is 9.79 Å². The SMILES string of the molecule is CN=C(NCCC(=O)Nc1ccc(Br)cc1)NCc1cccs1.I. The minimum absolute atomic E-state index is 0. The van der Waals surface area contributed by atoms with E-state index in [-0.39, 0.29) is 29.9 Å². The Balaban J connectivity index is 0.00000288. The third-order valence-electron chi connectivity index (χ3n) is 3.01. The van der Waals surface area contributed by atoms with Crippen molar-refractivity contribution >= 4 is 68.8 Å². The Morgan fingerprint density at radius 2 is 1.96 bits per heavy atom. The number of halogens is 2. The van der Waals surface area contributed by atoms with Gasteiger partial charge in [-0.25, -0.2) is 0 Å². The molecule has 1 aromatic heterocycles. The van der Waals surface area contributed by atoms with Gasteiger partial charge in [-0.05, 0) is 35.7 Å². The summed E-state index contributed by atoms with van der Waals surface area (Å²) in [5.74, 6) is 0.656. The molecule has 0 fully saturated rings. The van der Waals surface area contributed by atoms with Crippen LogP contribution in [0.3, 0.4) is 0 Å². The van der Waals surface area contributed by atoms with Crippen molar-refractivity contribution in [1.29, 1.82) is 0 Å². The van der Waals surface area contributed by atoms with Crippen LogP contribution in [-0.4, -0.2) is 25.5 Å². The van der Waals surface area contributed by atoms with E-state index < -0.39 is 0 Å². The zero-order valence-corrected chi connectivity index (χ0v) is 17.9. The van der Waals surface area contributed by atoms with Crippen molar-refractivity contribution in [2.75, 3.05) is 18.9 Å². The summed E-state index contributed by atoms with van der Waals surface area (Å²) in [6, 6.07) is 11.6. The Bertz CT molecular complexity index is 647. The number of nitrogens with one attached hydrogen (secondary N) is 3. The standard InChI is InChI=1S/C16H19BrN4OS.HI/c1-18-16(20-11-14-3-2-10-23-14)19-9-8-15(22)21-13-6-4-12(17)5-7-13;/h2-7,10H,8-9,11H2,1H3,(H,21,22)(H2,18,19,20);1H. The summed E-state index contributed by atoms with van der Waals surface area (Å²) in [4.78, 5) is 17.3. The Morgan fingerprint density at radius 3 is 2.58 bits per heavy atom. The third-order valence-corrected chi connectivity index (χ3v) is 4.41. The van der Waals surface area contributed by atoms with Crippen molar-refractivity contribution in [3.05, 3.63) is 51.1 Å². The molecule has 1 amide bonds. The highest BCUT2D eigenvalue weighted by atomic mass is 127. The van der Waals surface area contributed by atoms with Crippen LogP contribution in [0, 0.1) is 0 Å². The van der Waals surface area contributed by atoms with Gasteiger partial charge in [0.15, 0.2) is 5.96 Å². The molecular formula is C16H20BrIN4OS. The normalized spacial score (nSPS) is 10.7. The first-order valence-corrected chi connectivity index (χ1v) is 8.87. The molecule has 0 aliphatic carbocycles. The maximum Gasteiger partial charge on any atom is 0.226 e. The van der Waals surface area contributed by atoms with Gasteiger partial charge in [0.1, 0.15) is 0 Å². The number of aliphatic imine (C=N–C) groups is 1. The Hall–Kier alpha value is -1.13. The molecule has 130 valence electrons. The van der Waals surface area contributed by atoms with Gasteiger partial charge in [-0.2, -0.15) is 0 Å². The Morgan fingerprint density at radius 1 is 1.21 bits per heavy atom. The van der Waals surface area contributed by atoms with E-state index in [9.17, 15) is 4.79 Å². The molecule has 5 nitrogen and oxygen atoms in total. The van der Waals surface area contributed by atoms with E-state index in [0.717, 1.165) is 16.7 Å². The summed E-state index contributed by atoms with van der Waals surface area (Å²) in [5.41, 5.74) is 0.790. The summed E-state index contributed by atoms with van der Waals surface area (Å²) >= 11 is 5.06. The van der Waals surface area contributed by atoms with Gasteiger partial charge >= 0.3 is 0 Å². The molecule has 0 aliphatic rings. The molecule has 0 unspecified atom stereocenters. The van der Waals surface area contributed by atoms with Crippen molar-refractivity contribution in [3.8, 4) is 0 Å². The van der Waals surface area contributed by atoms with E-state index in [0.29, 0.717) is 18.9 Å². The second-order valence-electron chi connectivity index (χ2n) is 4.74. The first-order valence-electron chi connectivity index (χ1n) is 7.19.